The van der Waals surface area contributed by atoms with Crippen LogP contribution in [0.4, 0.5) is 0 Å². The van der Waals surface area contributed by atoms with E-state index in [1.54, 1.807) is 0 Å². The van der Waals surface area contributed by atoms with Crippen LogP contribution in [0.2, 0.25) is 0 Å². The van der Waals surface area contributed by atoms with Crippen LogP contribution < -0.4 is 5.32 Å². The van der Waals surface area contributed by atoms with Crippen molar-refractivity contribution in [1.29, 1.82) is 0 Å². The van der Waals surface area contributed by atoms with E-state index in [0.29, 0.717) is 6.10 Å². The smallest absolute Gasteiger partial charge is 0.0518 e. The lowest BCUT2D eigenvalue weighted by molar-refractivity contribution is 0.0759. The SMILES string of the molecule is CC(C)CCC(NCCCCOC(C)C)C1CC1. The van der Waals surface area contributed by atoms with E-state index in [4.69, 9.17) is 4.74 Å². The van der Waals surface area contributed by atoms with Crippen LogP contribution in [0.3, 0.4) is 0 Å². The lowest BCUT2D eigenvalue weighted by Crippen LogP contribution is -2.32. The molecular formula is C16H33NO. The Morgan fingerprint density at radius 1 is 1.06 bits per heavy atom. The molecule has 1 fully saturated rings. The summed E-state index contributed by atoms with van der Waals surface area (Å²) in [5.41, 5.74) is 0. The maximum absolute atomic E-state index is 5.56. The van der Waals surface area contributed by atoms with Crippen LogP contribution in [-0.2, 0) is 4.74 Å². The Hall–Kier alpha value is -0.0800. The summed E-state index contributed by atoms with van der Waals surface area (Å²) in [6.07, 6.45) is 8.45. The highest BCUT2D eigenvalue weighted by Gasteiger charge is 2.30. The molecule has 0 heterocycles. The van der Waals surface area contributed by atoms with Crippen molar-refractivity contribution in [3.05, 3.63) is 0 Å². The molecule has 108 valence electrons. The summed E-state index contributed by atoms with van der Waals surface area (Å²) in [5, 5.41) is 3.77. The normalized spacial score (nSPS) is 17.7. The van der Waals surface area contributed by atoms with Gasteiger partial charge in [-0.2, -0.15) is 0 Å². The highest BCUT2D eigenvalue weighted by atomic mass is 16.5. The summed E-state index contributed by atoms with van der Waals surface area (Å²) in [4.78, 5) is 0. The Bertz CT molecular complexity index is 199. The largest absolute Gasteiger partial charge is 0.379 e. The van der Waals surface area contributed by atoms with E-state index < -0.39 is 0 Å². The molecule has 1 unspecified atom stereocenters. The standard InChI is InChI=1S/C16H33NO/c1-13(2)7-10-16(15-8-9-15)17-11-5-6-12-18-14(3)4/h13-17H,5-12H2,1-4H3. The van der Waals surface area contributed by atoms with E-state index in [0.717, 1.165) is 24.5 Å². The number of unbranched alkanes of at least 4 members (excludes halogenated alkanes) is 1. The van der Waals surface area contributed by atoms with Crippen LogP contribution in [0.25, 0.3) is 0 Å². The van der Waals surface area contributed by atoms with Crippen LogP contribution in [0.1, 0.15) is 66.2 Å². The molecule has 1 aliphatic rings. The minimum atomic E-state index is 0.378. The Morgan fingerprint density at radius 2 is 1.78 bits per heavy atom. The minimum Gasteiger partial charge on any atom is -0.379 e. The maximum atomic E-state index is 5.56. The van der Waals surface area contributed by atoms with Crippen molar-refractivity contribution in [2.75, 3.05) is 13.2 Å². The van der Waals surface area contributed by atoms with E-state index >= 15 is 0 Å². The van der Waals surface area contributed by atoms with Gasteiger partial charge in [-0.25, -0.2) is 0 Å². The molecule has 18 heavy (non-hydrogen) atoms. The number of nitrogens with one attached hydrogen (secondary N) is 1. The van der Waals surface area contributed by atoms with E-state index in [1.807, 2.05) is 0 Å². The zero-order valence-electron chi connectivity index (χ0n) is 12.9. The van der Waals surface area contributed by atoms with Crippen molar-refractivity contribution in [2.24, 2.45) is 11.8 Å². The molecule has 1 rings (SSSR count). The van der Waals surface area contributed by atoms with Gasteiger partial charge in [0.25, 0.3) is 0 Å². The predicted octanol–water partition coefficient (Wildman–Crippen LogP) is 4.00. The molecule has 1 saturated carbocycles. The summed E-state index contributed by atoms with van der Waals surface area (Å²) >= 11 is 0. The highest BCUT2D eigenvalue weighted by Crippen LogP contribution is 2.35. The van der Waals surface area contributed by atoms with Gasteiger partial charge in [0.05, 0.1) is 6.10 Å². The molecule has 1 atom stereocenters. The summed E-state index contributed by atoms with van der Waals surface area (Å²) in [5.74, 6) is 1.82. The second kappa shape index (κ2) is 8.92. The zero-order valence-corrected chi connectivity index (χ0v) is 12.9. The predicted molar refractivity (Wildman–Crippen MR) is 78.9 cm³/mol. The highest BCUT2D eigenvalue weighted by molar-refractivity contribution is 4.86. The van der Waals surface area contributed by atoms with Crippen molar-refractivity contribution in [3.8, 4) is 0 Å². The second-order valence-electron chi connectivity index (χ2n) is 6.50. The average molecular weight is 255 g/mol. The van der Waals surface area contributed by atoms with Crippen molar-refractivity contribution < 1.29 is 4.74 Å². The van der Waals surface area contributed by atoms with Crippen LogP contribution in [-0.4, -0.2) is 25.3 Å². The molecule has 1 N–H and O–H groups in total. The molecule has 0 saturated heterocycles. The van der Waals surface area contributed by atoms with E-state index in [1.165, 1.54) is 45.1 Å². The van der Waals surface area contributed by atoms with Gasteiger partial charge in [0.2, 0.25) is 0 Å². The Kier molecular flexibility index (Phi) is 7.92. The molecule has 0 spiro atoms. The number of rotatable bonds is 11. The lowest BCUT2D eigenvalue weighted by atomic mass is 10.00. The quantitative estimate of drug-likeness (QED) is 0.564. The third kappa shape index (κ3) is 8.10. The summed E-state index contributed by atoms with van der Waals surface area (Å²) < 4.78 is 5.56. The minimum absolute atomic E-state index is 0.378. The van der Waals surface area contributed by atoms with Crippen molar-refractivity contribution in [3.63, 3.8) is 0 Å². The molecule has 0 aromatic carbocycles. The fourth-order valence-electron chi connectivity index (χ4n) is 2.35. The first-order valence-electron chi connectivity index (χ1n) is 7.94. The van der Waals surface area contributed by atoms with Gasteiger partial charge in [-0.3, -0.25) is 0 Å². The molecule has 0 aromatic rings. The van der Waals surface area contributed by atoms with Gasteiger partial charge < -0.3 is 10.1 Å². The van der Waals surface area contributed by atoms with Crippen molar-refractivity contribution in [1.82, 2.24) is 5.32 Å². The zero-order chi connectivity index (χ0) is 13.4. The van der Waals surface area contributed by atoms with E-state index in [-0.39, 0.29) is 0 Å². The van der Waals surface area contributed by atoms with E-state index in [2.05, 4.69) is 33.0 Å². The van der Waals surface area contributed by atoms with Gasteiger partial charge in [-0.15, -0.1) is 0 Å². The first kappa shape index (κ1) is 16.0. The first-order valence-corrected chi connectivity index (χ1v) is 7.94. The first-order chi connectivity index (χ1) is 8.59. The Morgan fingerprint density at radius 3 is 2.33 bits per heavy atom. The monoisotopic (exact) mass is 255 g/mol. The Labute approximate surface area is 114 Å². The van der Waals surface area contributed by atoms with Crippen LogP contribution in [0.5, 0.6) is 0 Å². The summed E-state index contributed by atoms with van der Waals surface area (Å²) in [6.45, 7) is 10.9. The summed E-state index contributed by atoms with van der Waals surface area (Å²) in [6, 6.07) is 0.790. The molecule has 0 radical (unpaired) electrons. The molecule has 0 aliphatic heterocycles. The van der Waals surface area contributed by atoms with Gasteiger partial charge in [0, 0.05) is 12.6 Å². The van der Waals surface area contributed by atoms with Crippen LogP contribution >= 0.6 is 0 Å². The molecule has 0 amide bonds. The number of hydrogen-bond donors (Lipinski definition) is 1. The Balaban J connectivity index is 2.00. The third-order valence-corrected chi connectivity index (χ3v) is 3.67. The topological polar surface area (TPSA) is 21.3 Å². The third-order valence-electron chi connectivity index (χ3n) is 3.67. The fraction of sp³-hybridized carbons (Fsp3) is 1.00. The van der Waals surface area contributed by atoms with Gasteiger partial charge in [-0.05, 0) is 70.8 Å². The number of hydrogen-bond acceptors (Lipinski definition) is 2. The van der Waals surface area contributed by atoms with Gasteiger partial charge >= 0.3 is 0 Å². The van der Waals surface area contributed by atoms with Gasteiger partial charge in [-0.1, -0.05) is 13.8 Å². The summed E-state index contributed by atoms with van der Waals surface area (Å²) in [7, 11) is 0. The fourth-order valence-corrected chi connectivity index (χ4v) is 2.35. The molecular weight excluding hydrogens is 222 g/mol. The van der Waals surface area contributed by atoms with Crippen molar-refractivity contribution >= 4 is 0 Å². The van der Waals surface area contributed by atoms with E-state index in [9.17, 15) is 0 Å². The average Bonchev–Trinajstić information content (AvgIpc) is 3.10. The second-order valence-corrected chi connectivity index (χ2v) is 6.50. The molecule has 0 bridgehead atoms. The molecule has 2 nitrogen and oxygen atoms in total. The van der Waals surface area contributed by atoms with Gasteiger partial charge in [0.1, 0.15) is 0 Å². The lowest BCUT2D eigenvalue weighted by Gasteiger charge is -2.19. The molecule has 2 heteroatoms. The van der Waals surface area contributed by atoms with Crippen LogP contribution in [0, 0.1) is 11.8 Å². The van der Waals surface area contributed by atoms with Gasteiger partial charge in [0.15, 0.2) is 0 Å². The van der Waals surface area contributed by atoms with Crippen LogP contribution in [0.15, 0.2) is 0 Å². The van der Waals surface area contributed by atoms with Crippen molar-refractivity contribution in [2.45, 2.75) is 78.4 Å². The molecule has 1 aliphatic carbocycles. The maximum Gasteiger partial charge on any atom is 0.0518 e. The molecule has 0 aromatic heterocycles. The number of ether oxygens (including phenoxy) is 1.